The van der Waals surface area contributed by atoms with Crippen molar-refractivity contribution in [3.8, 4) is 5.75 Å². The third kappa shape index (κ3) is 5.10. The number of nitrogens with zero attached hydrogens (tertiary/aromatic N) is 1. The second kappa shape index (κ2) is 8.22. The van der Waals surface area contributed by atoms with Crippen LogP contribution in [0, 0.1) is 5.82 Å². The highest BCUT2D eigenvalue weighted by atomic mass is 19.1. The van der Waals surface area contributed by atoms with E-state index in [0.717, 1.165) is 26.2 Å². The third-order valence-corrected chi connectivity index (χ3v) is 3.55. The first kappa shape index (κ1) is 15.3. The standard InChI is InChI=1S/C16H24FNO2/c1-2-3-4-9-18-10-11-19-16(12-18)13-20-15-7-5-14(17)6-8-15/h5-8,16H,2-4,9-13H2,1H3. The van der Waals surface area contributed by atoms with E-state index in [-0.39, 0.29) is 11.9 Å². The molecule has 1 saturated heterocycles. The van der Waals surface area contributed by atoms with Crippen molar-refractivity contribution in [1.82, 2.24) is 4.90 Å². The molecule has 1 aromatic carbocycles. The largest absolute Gasteiger partial charge is 0.491 e. The van der Waals surface area contributed by atoms with Gasteiger partial charge in [0.1, 0.15) is 24.3 Å². The molecule has 1 unspecified atom stereocenters. The highest BCUT2D eigenvalue weighted by molar-refractivity contribution is 5.22. The van der Waals surface area contributed by atoms with Crippen molar-refractivity contribution in [3.63, 3.8) is 0 Å². The van der Waals surface area contributed by atoms with Crippen molar-refractivity contribution in [1.29, 1.82) is 0 Å². The van der Waals surface area contributed by atoms with Crippen LogP contribution < -0.4 is 4.74 Å². The summed E-state index contributed by atoms with van der Waals surface area (Å²) in [7, 11) is 0. The molecule has 0 amide bonds. The molecule has 1 aromatic rings. The van der Waals surface area contributed by atoms with Gasteiger partial charge in [-0.2, -0.15) is 0 Å². The smallest absolute Gasteiger partial charge is 0.123 e. The molecule has 1 aliphatic rings. The Balaban J connectivity index is 1.71. The Morgan fingerprint density at radius 2 is 2.10 bits per heavy atom. The lowest BCUT2D eigenvalue weighted by molar-refractivity contribution is -0.0481. The van der Waals surface area contributed by atoms with E-state index in [1.165, 1.54) is 31.4 Å². The Bertz CT molecular complexity index is 383. The summed E-state index contributed by atoms with van der Waals surface area (Å²) < 4.78 is 24.2. The summed E-state index contributed by atoms with van der Waals surface area (Å²) >= 11 is 0. The van der Waals surface area contributed by atoms with Crippen molar-refractivity contribution in [2.45, 2.75) is 32.3 Å². The first-order valence-electron chi connectivity index (χ1n) is 7.50. The molecule has 112 valence electrons. The Hall–Kier alpha value is -1.13. The number of unbranched alkanes of at least 4 members (excludes halogenated alkanes) is 2. The fraction of sp³-hybridized carbons (Fsp3) is 0.625. The van der Waals surface area contributed by atoms with Crippen LogP contribution in [0.2, 0.25) is 0 Å². The van der Waals surface area contributed by atoms with Gasteiger partial charge in [0, 0.05) is 13.1 Å². The summed E-state index contributed by atoms with van der Waals surface area (Å²) in [6, 6.07) is 6.12. The van der Waals surface area contributed by atoms with Gasteiger partial charge in [0.2, 0.25) is 0 Å². The minimum atomic E-state index is -0.242. The van der Waals surface area contributed by atoms with Gasteiger partial charge >= 0.3 is 0 Å². The van der Waals surface area contributed by atoms with E-state index in [0.29, 0.717) is 12.4 Å². The van der Waals surface area contributed by atoms with Crippen LogP contribution in [0.5, 0.6) is 5.75 Å². The predicted molar refractivity (Wildman–Crippen MR) is 77.6 cm³/mol. The highest BCUT2D eigenvalue weighted by Crippen LogP contribution is 2.13. The van der Waals surface area contributed by atoms with E-state index in [2.05, 4.69) is 11.8 Å². The van der Waals surface area contributed by atoms with Gasteiger partial charge in [0.25, 0.3) is 0 Å². The highest BCUT2D eigenvalue weighted by Gasteiger charge is 2.20. The molecular weight excluding hydrogens is 257 g/mol. The molecular formula is C16H24FNO2. The molecule has 1 aliphatic heterocycles. The molecule has 4 heteroatoms. The number of hydrogen-bond acceptors (Lipinski definition) is 3. The van der Waals surface area contributed by atoms with Crippen molar-refractivity contribution in [2.24, 2.45) is 0 Å². The van der Waals surface area contributed by atoms with Crippen LogP contribution in [0.4, 0.5) is 4.39 Å². The molecule has 2 rings (SSSR count). The lowest BCUT2D eigenvalue weighted by Gasteiger charge is -2.32. The van der Waals surface area contributed by atoms with Gasteiger partial charge in [0.05, 0.1) is 6.61 Å². The van der Waals surface area contributed by atoms with Gasteiger partial charge in [0.15, 0.2) is 0 Å². The van der Waals surface area contributed by atoms with Crippen molar-refractivity contribution >= 4 is 0 Å². The van der Waals surface area contributed by atoms with E-state index in [1.807, 2.05) is 0 Å². The normalized spacial score (nSPS) is 20.0. The SMILES string of the molecule is CCCCCN1CCOC(COc2ccc(F)cc2)C1. The molecule has 1 atom stereocenters. The number of morpholine rings is 1. The van der Waals surface area contributed by atoms with E-state index in [1.54, 1.807) is 12.1 Å². The number of rotatable bonds is 7. The molecule has 0 N–H and O–H groups in total. The second-order valence-corrected chi connectivity index (χ2v) is 5.27. The number of halogens is 1. The van der Waals surface area contributed by atoms with Gasteiger partial charge < -0.3 is 9.47 Å². The topological polar surface area (TPSA) is 21.7 Å². The van der Waals surface area contributed by atoms with Crippen LogP contribution in [0.15, 0.2) is 24.3 Å². The third-order valence-electron chi connectivity index (χ3n) is 3.55. The van der Waals surface area contributed by atoms with E-state index < -0.39 is 0 Å². The number of hydrogen-bond donors (Lipinski definition) is 0. The van der Waals surface area contributed by atoms with Crippen LogP contribution in [0.25, 0.3) is 0 Å². The lowest BCUT2D eigenvalue weighted by Crippen LogP contribution is -2.45. The van der Waals surface area contributed by atoms with Gasteiger partial charge in [-0.1, -0.05) is 19.8 Å². The fourth-order valence-electron chi connectivity index (χ4n) is 2.39. The molecule has 0 aliphatic carbocycles. The summed E-state index contributed by atoms with van der Waals surface area (Å²) in [5, 5.41) is 0. The number of benzene rings is 1. The molecule has 1 heterocycles. The Labute approximate surface area is 120 Å². The maximum atomic E-state index is 12.8. The summed E-state index contributed by atoms with van der Waals surface area (Å²) in [6.07, 6.45) is 3.90. The molecule has 0 bridgehead atoms. The summed E-state index contributed by atoms with van der Waals surface area (Å²) in [4.78, 5) is 2.44. The molecule has 0 saturated carbocycles. The molecule has 1 fully saturated rings. The quantitative estimate of drug-likeness (QED) is 0.717. The monoisotopic (exact) mass is 281 g/mol. The van der Waals surface area contributed by atoms with Crippen LogP contribution in [0.1, 0.15) is 26.2 Å². The molecule has 0 radical (unpaired) electrons. The van der Waals surface area contributed by atoms with Crippen LogP contribution in [-0.4, -0.2) is 43.9 Å². The van der Waals surface area contributed by atoms with Crippen LogP contribution >= 0.6 is 0 Å². The first-order valence-corrected chi connectivity index (χ1v) is 7.50. The van der Waals surface area contributed by atoms with Crippen molar-refractivity contribution in [3.05, 3.63) is 30.1 Å². The average molecular weight is 281 g/mol. The van der Waals surface area contributed by atoms with Crippen molar-refractivity contribution < 1.29 is 13.9 Å². The van der Waals surface area contributed by atoms with Crippen molar-refractivity contribution in [2.75, 3.05) is 32.8 Å². The zero-order chi connectivity index (χ0) is 14.2. The van der Waals surface area contributed by atoms with Gasteiger partial charge in [-0.3, -0.25) is 4.90 Å². The fourth-order valence-corrected chi connectivity index (χ4v) is 2.39. The van der Waals surface area contributed by atoms with Crippen LogP contribution in [0.3, 0.4) is 0 Å². The van der Waals surface area contributed by atoms with Crippen LogP contribution in [-0.2, 0) is 4.74 Å². The summed E-state index contributed by atoms with van der Waals surface area (Å²) in [5.74, 6) is 0.450. The molecule has 3 nitrogen and oxygen atoms in total. The Morgan fingerprint density at radius 3 is 2.85 bits per heavy atom. The molecule has 20 heavy (non-hydrogen) atoms. The predicted octanol–water partition coefficient (Wildman–Crippen LogP) is 3.10. The Kier molecular flexibility index (Phi) is 6.27. The van der Waals surface area contributed by atoms with Gasteiger partial charge in [-0.05, 0) is 37.2 Å². The first-order chi connectivity index (χ1) is 9.78. The minimum Gasteiger partial charge on any atom is -0.491 e. The number of ether oxygens (including phenoxy) is 2. The minimum absolute atomic E-state index is 0.107. The van der Waals surface area contributed by atoms with E-state index in [4.69, 9.17) is 9.47 Å². The molecule has 0 aromatic heterocycles. The maximum Gasteiger partial charge on any atom is 0.123 e. The Morgan fingerprint density at radius 1 is 1.30 bits per heavy atom. The maximum absolute atomic E-state index is 12.8. The zero-order valence-corrected chi connectivity index (χ0v) is 12.2. The van der Waals surface area contributed by atoms with E-state index >= 15 is 0 Å². The lowest BCUT2D eigenvalue weighted by atomic mass is 10.2. The molecule has 0 spiro atoms. The summed E-state index contributed by atoms with van der Waals surface area (Å²) in [6.45, 7) is 6.59. The summed E-state index contributed by atoms with van der Waals surface area (Å²) in [5.41, 5.74) is 0. The average Bonchev–Trinajstić information content (AvgIpc) is 2.47. The van der Waals surface area contributed by atoms with Gasteiger partial charge in [-0.25, -0.2) is 4.39 Å². The second-order valence-electron chi connectivity index (χ2n) is 5.27. The zero-order valence-electron chi connectivity index (χ0n) is 12.2. The van der Waals surface area contributed by atoms with Gasteiger partial charge in [-0.15, -0.1) is 0 Å². The van der Waals surface area contributed by atoms with E-state index in [9.17, 15) is 4.39 Å².